The average Bonchev–Trinajstić information content (AvgIpc) is 3.50. The summed E-state index contributed by atoms with van der Waals surface area (Å²) in [6.45, 7) is 3.41. The Morgan fingerprint density at radius 1 is 0.970 bits per heavy atom. The largest absolute Gasteiger partial charge is 0.586 e. The van der Waals surface area contributed by atoms with Crippen molar-refractivity contribution < 1.29 is 27.8 Å². The van der Waals surface area contributed by atoms with Crippen molar-refractivity contribution in [1.82, 2.24) is 4.98 Å². The number of Topliss-reactive ketones (excluding diaryl/α,β-unsaturated/α-hetero) is 1. The second-order valence-electron chi connectivity index (χ2n) is 8.41. The van der Waals surface area contributed by atoms with Gasteiger partial charge in [-0.15, -0.1) is 8.78 Å². The quantitative estimate of drug-likeness (QED) is 0.537. The van der Waals surface area contributed by atoms with Crippen LogP contribution in [-0.4, -0.2) is 23.0 Å². The zero-order chi connectivity index (χ0) is 23.4. The van der Waals surface area contributed by atoms with Gasteiger partial charge in [0.15, 0.2) is 17.3 Å². The number of ether oxygens (including phenoxy) is 2. The Hall–Kier alpha value is -3.81. The second kappa shape index (κ2) is 7.37. The molecule has 6 nitrogen and oxygen atoms in total. The molecule has 0 spiro atoms. The Labute approximate surface area is 188 Å². The fourth-order valence-corrected chi connectivity index (χ4v) is 4.01. The van der Waals surface area contributed by atoms with Gasteiger partial charge in [0.25, 0.3) is 0 Å². The minimum absolute atomic E-state index is 0.0197. The van der Waals surface area contributed by atoms with Gasteiger partial charge in [0.05, 0.1) is 11.1 Å². The van der Waals surface area contributed by atoms with Crippen LogP contribution in [0.4, 0.5) is 14.6 Å². The molecule has 33 heavy (non-hydrogen) atoms. The fourth-order valence-electron chi connectivity index (χ4n) is 4.01. The molecule has 168 valence electrons. The van der Waals surface area contributed by atoms with Crippen LogP contribution in [0.3, 0.4) is 0 Å². The Balaban J connectivity index is 1.39. The maximum Gasteiger partial charge on any atom is 0.586 e. The molecule has 1 N–H and O–H groups in total. The molecule has 1 aliphatic heterocycles. The summed E-state index contributed by atoms with van der Waals surface area (Å²) in [4.78, 5) is 29.3. The van der Waals surface area contributed by atoms with Crippen LogP contribution < -0.4 is 14.8 Å². The number of aromatic nitrogens is 1. The molecule has 1 aliphatic carbocycles. The number of carbonyl (C=O) groups is 2. The summed E-state index contributed by atoms with van der Waals surface area (Å²) in [5, 5.41) is 2.88. The molecule has 0 radical (unpaired) electrons. The number of hydrogen-bond donors (Lipinski definition) is 1. The van der Waals surface area contributed by atoms with Gasteiger partial charge in [-0.2, -0.15) is 0 Å². The molecule has 1 fully saturated rings. The van der Waals surface area contributed by atoms with Gasteiger partial charge in [0.2, 0.25) is 5.91 Å². The Kier molecular flexibility index (Phi) is 4.70. The lowest BCUT2D eigenvalue weighted by atomic mass is 9.94. The van der Waals surface area contributed by atoms with Crippen molar-refractivity contribution >= 4 is 17.5 Å². The molecular formula is C25H20F2N2O4. The van der Waals surface area contributed by atoms with Crippen molar-refractivity contribution in [2.45, 2.75) is 38.4 Å². The zero-order valence-corrected chi connectivity index (χ0v) is 17.9. The van der Waals surface area contributed by atoms with Crippen molar-refractivity contribution in [2.24, 2.45) is 0 Å². The number of carbonyl (C=O) groups excluding carboxylic acids is 2. The van der Waals surface area contributed by atoms with E-state index in [-0.39, 0.29) is 23.2 Å². The van der Waals surface area contributed by atoms with E-state index in [2.05, 4.69) is 19.8 Å². The molecule has 1 aromatic heterocycles. The van der Waals surface area contributed by atoms with Crippen LogP contribution >= 0.6 is 0 Å². The summed E-state index contributed by atoms with van der Waals surface area (Å²) in [6, 6.07) is 15.2. The Morgan fingerprint density at radius 3 is 2.33 bits per heavy atom. The number of nitrogens with one attached hydrogen (secondary N) is 1. The van der Waals surface area contributed by atoms with Crippen LogP contribution in [0.1, 0.15) is 41.3 Å². The van der Waals surface area contributed by atoms with Crippen LogP contribution in [0.15, 0.2) is 54.6 Å². The lowest BCUT2D eigenvalue weighted by molar-refractivity contribution is -0.286. The number of ketones is 1. The van der Waals surface area contributed by atoms with E-state index in [4.69, 9.17) is 0 Å². The summed E-state index contributed by atoms with van der Waals surface area (Å²) in [5.41, 5.74) is 2.75. The number of amides is 1. The van der Waals surface area contributed by atoms with Gasteiger partial charge in [-0.25, -0.2) is 4.98 Å². The first-order valence-corrected chi connectivity index (χ1v) is 10.5. The third kappa shape index (κ3) is 3.92. The van der Waals surface area contributed by atoms with E-state index in [1.165, 1.54) is 19.1 Å². The number of rotatable bonds is 5. The predicted molar refractivity (Wildman–Crippen MR) is 117 cm³/mol. The van der Waals surface area contributed by atoms with Gasteiger partial charge in [-0.05, 0) is 62.1 Å². The highest BCUT2D eigenvalue weighted by atomic mass is 19.3. The van der Waals surface area contributed by atoms with E-state index in [9.17, 15) is 18.4 Å². The molecule has 2 aliphatic rings. The smallest absolute Gasteiger partial charge is 0.395 e. The van der Waals surface area contributed by atoms with Crippen LogP contribution in [0.5, 0.6) is 11.5 Å². The first-order valence-electron chi connectivity index (χ1n) is 10.5. The highest BCUT2D eigenvalue weighted by molar-refractivity contribution is 6.01. The number of aryl methyl sites for hydroxylation is 1. The number of anilines is 1. The molecule has 1 amide bonds. The number of pyridine rings is 1. The number of alkyl halides is 2. The lowest BCUT2D eigenvalue weighted by Gasteiger charge is -2.16. The SMILES string of the molecule is CC(=O)c1ccc(-c2cc(C)cc(NC(=O)C3(c4ccc5c(c4)OC(F)(F)O5)CC3)n2)cc1. The van der Waals surface area contributed by atoms with Crippen molar-refractivity contribution in [3.05, 3.63) is 71.3 Å². The number of nitrogens with zero attached hydrogens (tertiary/aromatic N) is 1. The highest BCUT2D eigenvalue weighted by Gasteiger charge is 2.53. The first kappa shape index (κ1) is 21.1. The van der Waals surface area contributed by atoms with E-state index in [0.717, 1.165) is 11.1 Å². The topological polar surface area (TPSA) is 77.5 Å². The number of benzene rings is 2. The monoisotopic (exact) mass is 450 g/mol. The second-order valence-corrected chi connectivity index (χ2v) is 8.41. The van der Waals surface area contributed by atoms with Gasteiger partial charge in [0.1, 0.15) is 5.82 Å². The molecule has 3 aromatic rings. The number of hydrogen-bond acceptors (Lipinski definition) is 5. The molecule has 0 unspecified atom stereocenters. The maximum absolute atomic E-state index is 13.4. The van der Waals surface area contributed by atoms with E-state index >= 15 is 0 Å². The Morgan fingerprint density at radius 2 is 1.67 bits per heavy atom. The highest BCUT2D eigenvalue weighted by Crippen LogP contribution is 2.52. The normalized spacial score (nSPS) is 16.8. The predicted octanol–water partition coefficient (Wildman–Crippen LogP) is 5.25. The molecule has 5 rings (SSSR count). The van der Waals surface area contributed by atoms with Gasteiger partial charge < -0.3 is 14.8 Å². The molecular weight excluding hydrogens is 430 g/mol. The zero-order valence-electron chi connectivity index (χ0n) is 17.9. The van der Waals surface area contributed by atoms with Crippen molar-refractivity contribution in [3.63, 3.8) is 0 Å². The summed E-state index contributed by atoms with van der Waals surface area (Å²) in [5.74, 6) is -0.0238. The van der Waals surface area contributed by atoms with E-state index < -0.39 is 11.7 Å². The molecule has 0 atom stereocenters. The lowest BCUT2D eigenvalue weighted by Crippen LogP contribution is -2.28. The molecule has 8 heteroatoms. The van der Waals surface area contributed by atoms with Gasteiger partial charge in [-0.3, -0.25) is 9.59 Å². The van der Waals surface area contributed by atoms with Crippen molar-refractivity contribution in [3.8, 4) is 22.8 Å². The fraction of sp³-hybridized carbons (Fsp3) is 0.240. The summed E-state index contributed by atoms with van der Waals surface area (Å²) in [7, 11) is 0. The van der Waals surface area contributed by atoms with Crippen LogP contribution in [0.25, 0.3) is 11.3 Å². The minimum atomic E-state index is -3.70. The van der Waals surface area contributed by atoms with Crippen LogP contribution in [-0.2, 0) is 10.2 Å². The van der Waals surface area contributed by atoms with Crippen molar-refractivity contribution in [2.75, 3.05) is 5.32 Å². The van der Waals surface area contributed by atoms with E-state index in [1.54, 1.807) is 24.3 Å². The molecule has 0 saturated heterocycles. The van der Waals surface area contributed by atoms with Crippen LogP contribution in [0, 0.1) is 6.92 Å². The van der Waals surface area contributed by atoms with Gasteiger partial charge in [-0.1, -0.05) is 30.3 Å². The van der Waals surface area contributed by atoms with E-state index in [0.29, 0.717) is 35.5 Å². The summed E-state index contributed by atoms with van der Waals surface area (Å²) in [6.07, 6.45) is -2.54. The average molecular weight is 450 g/mol. The number of halogens is 2. The third-order valence-electron chi connectivity index (χ3n) is 5.94. The Bertz CT molecular complexity index is 1280. The van der Waals surface area contributed by atoms with Crippen molar-refractivity contribution in [1.29, 1.82) is 0 Å². The summed E-state index contributed by atoms with van der Waals surface area (Å²) < 4.78 is 35.7. The third-order valence-corrected chi connectivity index (χ3v) is 5.94. The first-order chi connectivity index (χ1) is 15.6. The molecule has 2 heterocycles. The van der Waals surface area contributed by atoms with Gasteiger partial charge in [0, 0.05) is 11.1 Å². The van der Waals surface area contributed by atoms with Gasteiger partial charge >= 0.3 is 6.29 Å². The van der Waals surface area contributed by atoms with E-state index in [1.807, 2.05) is 25.1 Å². The van der Waals surface area contributed by atoms with Crippen LogP contribution in [0.2, 0.25) is 0 Å². The summed E-state index contributed by atoms with van der Waals surface area (Å²) >= 11 is 0. The molecule has 1 saturated carbocycles. The minimum Gasteiger partial charge on any atom is -0.395 e. The number of fused-ring (bicyclic) bond motifs is 1. The standard InChI is InChI=1S/C25H20F2N2O4/c1-14-11-19(17-5-3-16(4-6-17)15(2)30)28-22(12-14)29-23(31)24(9-10-24)18-7-8-20-21(13-18)33-25(26,27)32-20/h3-8,11-13H,9-10H2,1-2H3,(H,28,29,31). The molecule has 2 aromatic carbocycles. The molecule has 0 bridgehead atoms. The maximum atomic E-state index is 13.4.